The maximum atomic E-state index is 5.57. The van der Waals surface area contributed by atoms with Crippen LogP contribution >= 0.6 is 0 Å². The van der Waals surface area contributed by atoms with E-state index in [0.717, 1.165) is 36.8 Å². The van der Waals surface area contributed by atoms with Gasteiger partial charge in [0.15, 0.2) is 5.82 Å². The predicted octanol–water partition coefficient (Wildman–Crippen LogP) is 0.980. The van der Waals surface area contributed by atoms with E-state index in [-0.39, 0.29) is 6.10 Å². The van der Waals surface area contributed by atoms with Crippen molar-refractivity contribution in [2.75, 3.05) is 11.9 Å². The normalized spacial score (nSPS) is 24.3. The van der Waals surface area contributed by atoms with Gasteiger partial charge in [0.2, 0.25) is 0 Å². The van der Waals surface area contributed by atoms with Gasteiger partial charge in [0.25, 0.3) is 0 Å². The van der Waals surface area contributed by atoms with E-state index in [2.05, 4.69) is 20.3 Å². The van der Waals surface area contributed by atoms with Crippen LogP contribution in [0.15, 0.2) is 17.4 Å². The van der Waals surface area contributed by atoms with Gasteiger partial charge < -0.3 is 10.1 Å². The fourth-order valence-electron chi connectivity index (χ4n) is 1.88. The number of hydrogen-bond acceptors (Lipinski definition) is 5. The lowest BCUT2D eigenvalue weighted by Crippen LogP contribution is -2.31. The second kappa shape index (κ2) is 3.58. The van der Waals surface area contributed by atoms with Gasteiger partial charge in [-0.3, -0.25) is 9.98 Å². The van der Waals surface area contributed by atoms with Crippen molar-refractivity contribution in [3.63, 3.8) is 0 Å². The number of rotatable bonds is 1. The Kier molecular flexibility index (Phi) is 2.10. The molecule has 1 N–H and O–H groups in total. The van der Waals surface area contributed by atoms with Crippen molar-refractivity contribution in [2.24, 2.45) is 4.99 Å². The first-order valence-electron chi connectivity index (χ1n) is 5.16. The molecule has 5 nitrogen and oxygen atoms in total. The molecule has 0 spiro atoms. The van der Waals surface area contributed by atoms with E-state index in [1.54, 1.807) is 12.4 Å². The third-order valence-electron chi connectivity index (χ3n) is 2.65. The van der Waals surface area contributed by atoms with Crippen LogP contribution in [-0.2, 0) is 11.3 Å². The monoisotopic (exact) mass is 204 g/mol. The summed E-state index contributed by atoms with van der Waals surface area (Å²) < 4.78 is 5.57. The molecule has 1 aromatic rings. The molecule has 1 atom stereocenters. The van der Waals surface area contributed by atoms with Crippen molar-refractivity contribution in [2.45, 2.75) is 25.5 Å². The van der Waals surface area contributed by atoms with Gasteiger partial charge >= 0.3 is 0 Å². The van der Waals surface area contributed by atoms with Crippen molar-refractivity contribution in [3.8, 4) is 0 Å². The summed E-state index contributed by atoms with van der Waals surface area (Å²) in [6.07, 6.45) is 5.65. The molecule has 0 radical (unpaired) electrons. The Bertz CT molecular complexity index is 398. The molecule has 0 aromatic carbocycles. The van der Waals surface area contributed by atoms with E-state index in [9.17, 15) is 0 Å². The quantitative estimate of drug-likeness (QED) is 0.740. The van der Waals surface area contributed by atoms with Crippen LogP contribution in [0, 0.1) is 0 Å². The van der Waals surface area contributed by atoms with E-state index < -0.39 is 0 Å². The molecule has 2 aliphatic rings. The number of aromatic nitrogens is 2. The minimum atomic E-state index is 0.125. The zero-order valence-electron chi connectivity index (χ0n) is 8.31. The number of nitrogens with one attached hydrogen (secondary N) is 1. The van der Waals surface area contributed by atoms with Crippen LogP contribution < -0.4 is 5.32 Å². The Morgan fingerprint density at radius 3 is 3.13 bits per heavy atom. The summed E-state index contributed by atoms with van der Waals surface area (Å²) >= 11 is 0. The lowest BCUT2D eigenvalue weighted by atomic mass is 10.2. The Morgan fingerprint density at radius 1 is 1.33 bits per heavy atom. The van der Waals surface area contributed by atoms with Crippen LogP contribution in [0.4, 0.5) is 5.82 Å². The SMILES string of the molecule is c1cnc2c(n1)CN=C(C1CCCO1)N2. The van der Waals surface area contributed by atoms with Gasteiger partial charge in [-0.15, -0.1) is 0 Å². The standard InChI is InChI=1S/C10H12N4O/c1-2-8(15-5-1)10-13-6-7-9(14-10)12-4-3-11-7/h3-4,8H,1-2,5-6H2,(H,12,13,14). The minimum absolute atomic E-state index is 0.125. The number of nitrogens with zero attached hydrogens (tertiary/aromatic N) is 3. The average Bonchev–Trinajstić information content (AvgIpc) is 2.82. The molecule has 78 valence electrons. The average molecular weight is 204 g/mol. The van der Waals surface area contributed by atoms with E-state index in [4.69, 9.17) is 4.74 Å². The molecule has 1 aromatic heterocycles. The van der Waals surface area contributed by atoms with E-state index in [1.165, 1.54) is 0 Å². The molecule has 15 heavy (non-hydrogen) atoms. The lowest BCUT2D eigenvalue weighted by molar-refractivity contribution is 0.158. The van der Waals surface area contributed by atoms with Crippen molar-refractivity contribution in [1.29, 1.82) is 0 Å². The molecule has 5 heteroatoms. The highest BCUT2D eigenvalue weighted by atomic mass is 16.5. The van der Waals surface area contributed by atoms with E-state index >= 15 is 0 Å². The van der Waals surface area contributed by atoms with Gasteiger partial charge in [-0.25, -0.2) is 4.98 Å². The second-order valence-corrected chi connectivity index (χ2v) is 3.68. The minimum Gasteiger partial charge on any atom is -0.370 e. The number of aliphatic imine (C=N–C) groups is 1. The number of fused-ring (bicyclic) bond motifs is 1. The lowest BCUT2D eigenvalue weighted by Gasteiger charge is -2.19. The smallest absolute Gasteiger partial charge is 0.155 e. The maximum absolute atomic E-state index is 5.57. The molecule has 0 bridgehead atoms. The number of ether oxygens (including phenoxy) is 1. The zero-order valence-corrected chi connectivity index (χ0v) is 8.31. The van der Waals surface area contributed by atoms with Crippen molar-refractivity contribution in [1.82, 2.24) is 9.97 Å². The molecule has 1 saturated heterocycles. The van der Waals surface area contributed by atoms with Gasteiger partial charge in [0, 0.05) is 19.0 Å². The van der Waals surface area contributed by atoms with Gasteiger partial charge in [-0.05, 0) is 12.8 Å². The van der Waals surface area contributed by atoms with E-state index in [0.29, 0.717) is 6.54 Å². The van der Waals surface area contributed by atoms with Crippen LogP contribution in [0.2, 0.25) is 0 Å². The summed E-state index contributed by atoms with van der Waals surface area (Å²) in [4.78, 5) is 12.9. The Labute approximate surface area is 87.6 Å². The molecule has 2 aliphatic heterocycles. The van der Waals surface area contributed by atoms with Crippen LogP contribution in [0.5, 0.6) is 0 Å². The second-order valence-electron chi connectivity index (χ2n) is 3.68. The summed E-state index contributed by atoms with van der Waals surface area (Å²) in [5, 5.41) is 3.19. The molecule has 3 heterocycles. The van der Waals surface area contributed by atoms with Crippen molar-refractivity contribution in [3.05, 3.63) is 18.1 Å². The largest absolute Gasteiger partial charge is 0.370 e. The van der Waals surface area contributed by atoms with E-state index in [1.807, 2.05) is 0 Å². The van der Waals surface area contributed by atoms with Crippen LogP contribution in [0.25, 0.3) is 0 Å². The highest BCUT2D eigenvalue weighted by Crippen LogP contribution is 2.20. The first kappa shape index (κ1) is 8.79. The van der Waals surface area contributed by atoms with Gasteiger partial charge in [-0.1, -0.05) is 0 Å². The molecule has 1 fully saturated rings. The van der Waals surface area contributed by atoms with Crippen molar-refractivity contribution < 1.29 is 4.74 Å². The number of amidine groups is 1. The highest BCUT2D eigenvalue weighted by molar-refractivity contribution is 5.99. The molecule has 0 aliphatic carbocycles. The fraction of sp³-hybridized carbons (Fsp3) is 0.500. The Hall–Kier alpha value is -1.49. The predicted molar refractivity (Wildman–Crippen MR) is 55.8 cm³/mol. The molecule has 1 unspecified atom stereocenters. The van der Waals surface area contributed by atoms with Gasteiger partial charge in [0.1, 0.15) is 17.6 Å². The maximum Gasteiger partial charge on any atom is 0.155 e. The summed E-state index contributed by atoms with van der Waals surface area (Å²) in [7, 11) is 0. The Morgan fingerprint density at radius 2 is 2.27 bits per heavy atom. The van der Waals surface area contributed by atoms with Crippen molar-refractivity contribution >= 4 is 11.7 Å². The van der Waals surface area contributed by atoms with Crippen LogP contribution in [0.1, 0.15) is 18.5 Å². The molecule has 0 saturated carbocycles. The first-order chi connectivity index (χ1) is 7.43. The molecular weight excluding hydrogens is 192 g/mol. The zero-order chi connectivity index (χ0) is 10.1. The number of anilines is 1. The molecule has 3 rings (SSSR count). The van der Waals surface area contributed by atoms with Crippen LogP contribution in [-0.4, -0.2) is 28.5 Å². The summed E-state index contributed by atoms with van der Waals surface area (Å²) in [5.74, 6) is 1.72. The van der Waals surface area contributed by atoms with Gasteiger partial charge in [-0.2, -0.15) is 0 Å². The molecular formula is C10H12N4O. The number of hydrogen-bond donors (Lipinski definition) is 1. The summed E-state index contributed by atoms with van der Waals surface area (Å²) in [5.41, 5.74) is 0.902. The van der Waals surface area contributed by atoms with Crippen LogP contribution in [0.3, 0.4) is 0 Å². The summed E-state index contributed by atoms with van der Waals surface area (Å²) in [6, 6.07) is 0. The topological polar surface area (TPSA) is 59.4 Å². The third kappa shape index (κ3) is 1.59. The third-order valence-corrected chi connectivity index (χ3v) is 2.65. The molecule has 0 amide bonds. The summed E-state index contributed by atoms with van der Waals surface area (Å²) in [6.45, 7) is 1.43. The first-order valence-corrected chi connectivity index (χ1v) is 5.16. The highest BCUT2D eigenvalue weighted by Gasteiger charge is 2.25. The Balaban J connectivity index is 1.82. The van der Waals surface area contributed by atoms with Gasteiger partial charge in [0.05, 0.1) is 6.54 Å². The fourth-order valence-corrected chi connectivity index (χ4v) is 1.88.